The highest BCUT2D eigenvalue weighted by atomic mass is 16.4. The summed E-state index contributed by atoms with van der Waals surface area (Å²) in [5, 5.41) is 8.99. The quantitative estimate of drug-likeness (QED) is 0.779. The van der Waals surface area contributed by atoms with Gasteiger partial charge in [-0.3, -0.25) is 9.69 Å². The van der Waals surface area contributed by atoms with Crippen molar-refractivity contribution >= 4 is 5.97 Å². The lowest BCUT2D eigenvalue weighted by Crippen LogP contribution is -2.58. The SMILES string of the molecule is O=C(O)[C@@H]1CC[C@H](N2CC3(CCCC3)C2)C1. The third-order valence-corrected chi connectivity index (χ3v) is 5.01. The van der Waals surface area contributed by atoms with Crippen LogP contribution < -0.4 is 0 Å². The molecule has 1 N–H and O–H groups in total. The average Bonchev–Trinajstić information content (AvgIpc) is 2.84. The van der Waals surface area contributed by atoms with Crippen molar-refractivity contribution in [1.82, 2.24) is 4.90 Å². The second kappa shape index (κ2) is 3.73. The Labute approximate surface area is 96.8 Å². The molecule has 1 saturated heterocycles. The van der Waals surface area contributed by atoms with E-state index in [2.05, 4.69) is 4.90 Å². The number of carboxylic acids is 1. The predicted molar refractivity (Wildman–Crippen MR) is 61.2 cm³/mol. The van der Waals surface area contributed by atoms with E-state index in [-0.39, 0.29) is 5.92 Å². The van der Waals surface area contributed by atoms with E-state index < -0.39 is 5.97 Å². The summed E-state index contributed by atoms with van der Waals surface area (Å²) >= 11 is 0. The fourth-order valence-corrected chi connectivity index (χ4v) is 4.03. The summed E-state index contributed by atoms with van der Waals surface area (Å²) in [5.74, 6) is -0.649. The van der Waals surface area contributed by atoms with Crippen LogP contribution in [0.3, 0.4) is 0 Å². The number of rotatable bonds is 2. The Morgan fingerprint density at radius 2 is 1.88 bits per heavy atom. The molecular weight excluding hydrogens is 202 g/mol. The molecular formula is C13H21NO2. The zero-order valence-corrected chi connectivity index (χ0v) is 9.82. The van der Waals surface area contributed by atoms with Crippen LogP contribution in [-0.2, 0) is 4.79 Å². The monoisotopic (exact) mass is 223 g/mol. The van der Waals surface area contributed by atoms with Gasteiger partial charge in [0.2, 0.25) is 0 Å². The summed E-state index contributed by atoms with van der Waals surface area (Å²) < 4.78 is 0. The fraction of sp³-hybridized carbons (Fsp3) is 0.923. The molecule has 90 valence electrons. The molecule has 0 bridgehead atoms. The molecule has 0 aromatic rings. The third kappa shape index (κ3) is 1.65. The molecule has 0 radical (unpaired) electrons. The second-order valence-electron chi connectivity index (χ2n) is 6.11. The third-order valence-electron chi connectivity index (χ3n) is 5.01. The molecule has 16 heavy (non-hydrogen) atoms. The van der Waals surface area contributed by atoms with Gasteiger partial charge in [0, 0.05) is 19.1 Å². The van der Waals surface area contributed by atoms with Crippen molar-refractivity contribution in [3.05, 3.63) is 0 Å². The molecule has 1 spiro atoms. The van der Waals surface area contributed by atoms with E-state index in [1.165, 1.54) is 38.8 Å². The molecule has 0 amide bonds. The van der Waals surface area contributed by atoms with Crippen LogP contribution in [0.2, 0.25) is 0 Å². The van der Waals surface area contributed by atoms with Crippen LogP contribution in [-0.4, -0.2) is 35.1 Å². The van der Waals surface area contributed by atoms with Gasteiger partial charge in [-0.15, -0.1) is 0 Å². The topological polar surface area (TPSA) is 40.5 Å². The maximum atomic E-state index is 10.9. The number of carboxylic acid groups (broad SMARTS) is 1. The number of hydrogen-bond acceptors (Lipinski definition) is 2. The Balaban J connectivity index is 1.52. The van der Waals surface area contributed by atoms with Crippen molar-refractivity contribution in [2.24, 2.45) is 11.3 Å². The van der Waals surface area contributed by atoms with E-state index >= 15 is 0 Å². The molecule has 3 aliphatic rings. The van der Waals surface area contributed by atoms with Gasteiger partial charge in [0.25, 0.3) is 0 Å². The summed E-state index contributed by atoms with van der Waals surface area (Å²) in [6.45, 7) is 2.51. The number of likely N-dealkylation sites (tertiary alicyclic amines) is 1. The molecule has 1 heterocycles. The molecule has 0 aromatic carbocycles. The van der Waals surface area contributed by atoms with Crippen LogP contribution >= 0.6 is 0 Å². The number of carbonyl (C=O) groups is 1. The molecule has 2 aliphatic carbocycles. The number of nitrogens with zero attached hydrogens (tertiary/aromatic N) is 1. The maximum absolute atomic E-state index is 10.9. The van der Waals surface area contributed by atoms with Gasteiger partial charge in [0.05, 0.1) is 5.92 Å². The smallest absolute Gasteiger partial charge is 0.306 e. The number of aliphatic carboxylic acids is 1. The summed E-state index contributed by atoms with van der Waals surface area (Å²) in [6.07, 6.45) is 8.55. The Morgan fingerprint density at radius 1 is 1.19 bits per heavy atom. The van der Waals surface area contributed by atoms with Gasteiger partial charge in [-0.05, 0) is 37.5 Å². The standard InChI is InChI=1S/C13H21NO2/c15-12(16)10-3-4-11(7-10)14-8-13(9-14)5-1-2-6-13/h10-11H,1-9H2,(H,15,16)/t10-,11+/m1/s1. The van der Waals surface area contributed by atoms with Crippen LogP contribution in [0, 0.1) is 11.3 Å². The molecule has 0 aromatic heterocycles. The Morgan fingerprint density at radius 3 is 2.44 bits per heavy atom. The van der Waals surface area contributed by atoms with E-state index in [1.807, 2.05) is 0 Å². The lowest BCUT2D eigenvalue weighted by molar-refractivity contribution is -0.141. The van der Waals surface area contributed by atoms with E-state index in [1.54, 1.807) is 0 Å². The first-order valence-electron chi connectivity index (χ1n) is 6.65. The maximum Gasteiger partial charge on any atom is 0.306 e. The average molecular weight is 223 g/mol. The highest BCUT2D eigenvalue weighted by molar-refractivity contribution is 5.70. The minimum atomic E-state index is -0.585. The Bertz CT molecular complexity index is 288. The molecule has 2 atom stereocenters. The predicted octanol–water partition coefficient (Wildman–Crippen LogP) is 2.12. The molecule has 3 fully saturated rings. The van der Waals surface area contributed by atoms with Crippen molar-refractivity contribution in [1.29, 1.82) is 0 Å². The van der Waals surface area contributed by atoms with Crippen LogP contribution in [0.5, 0.6) is 0 Å². The molecule has 3 nitrogen and oxygen atoms in total. The van der Waals surface area contributed by atoms with Gasteiger partial charge in [0.15, 0.2) is 0 Å². The van der Waals surface area contributed by atoms with Crippen LogP contribution in [0.15, 0.2) is 0 Å². The van der Waals surface area contributed by atoms with Gasteiger partial charge < -0.3 is 5.11 Å². The van der Waals surface area contributed by atoms with Gasteiger partial charge >= 0.3 is 5.97 Å². The highest BCUT2D eigenvalue weighted by Crippen LogP contribution is 2.48. The molecule has 0 unspecified atom stereocenters. The highest BCUT2D eigenvalue weighted by Gasteiger charge is 2.48. The molecule has 2 saturated carbocycles. The van der Waals surface area contributed by atoms with Gasteiger partial charge in [-0.1, -0.05) is 12.8 Å². The Hall–Kier alpha value is -0.570. The van der Waals surface area contributed by atoms with Gasteiger partial charge in [0.1, 0.15) is 0 Å². The normalized spacial score (nSPS) is 37.8. The van der Waals surface area contributed by atoms with E-state index in [0.29, 0.717) is 11.5 Å². The van der Waals surface area contributed by atoms with Crippen molar-refractivity contribution in [3.63, 3.8) is 0 Å². The van der Waals surface area contributed by atoms with Crippen molar-refractivity contribution in [2.45, 2.75) is 51.0 Å². The first-order valence-corrected chi connectivity index (χ1v) is 6.65. The summed E-state index contributed by atoms with van der Waals surface area (Å²) in [6, 6.07) is 0.576. The summed E-state index contributed by atoms with van der Waals surface area (Å²) in [5.41, 5.74) is 0.654. The Kier molecular flexibility index (Phi) is 2.46. The molecule has 1 aliphatic heterocycles. The van der Waals surface area contributed by atoms with Gasteiger partial charge in [-0.25, -0.2) is 0 Å². The van der Waals surface area contributed by atoms with Gasteiger partial charge in [-0.2, -0.15) is 0 Å². The van der Waals surface area contributed by atoms with Crippen molar-refractivity contribution in [3.8, 4) is 0 Å². The minimum Gasteiger partial charge on any atom is -0.481 e. The van der Waals surface area contributed by atoms with E-state index in [0.717, 1.165) is 19.3 Å². The van der Waals surface area contributed by atoms with Crippen LogP contribution in [0.4, 0.5) is 0 Å². The fourth-order valence-electron chi connectivity index (χ4n) is 4.03. The summed E-state index contributed by atoms with van der Waals surface area (Å²) in [4.78, 5) is 13.5. The van der Waals surface area contributed by atoms with Crippen molar-refractivity contribution < 1.29 is 9.90 Å². The molecule has 3 heteroatoms. The van der Waals surface area contributed by atoms with E-state index in [9.17, 15) is 4.79 Å². The van der Waals surface area contributed by atoms with E-state index in [4.69, 9.17) is 5.11 Å². The second-order valence-corrected chi connectivity index (χ2v) is 6.11. The minimum absolute atomic E-state index is 0.0647. The number of hydrogen-bond donors (Lipinski definition) is 1. The zero-order valence-electron chi connectivity index (χ0n) is 9.82. The summed E-state index contributed by atoms with van der Waals surface area (Å²) in [7, 11) is 0. The lowest BCUT2D eigenvalue weighted by atomic mass is 9.77. The largest absolute Gasteiger partial charge is 0.481 e. The molecule has 3 rings (SSSR count). The van der Waals surface area contributed by atoms with Crippen molar-refractivity contribution in [2.75, 3.05) is 13.1 Å². The van der Waals surface area contributed by atoms with Crippen LogP contribution in [0.1, 0.15) is 44.9 Å². The lowest BCUT2D eigenvalue weighted by Gasteiger charge is -2.51. The first-order chi connectivity index (χ1) is 7.69. The first kappa shape index (κ1) is 10.6. The zero-order chi connectivity index (χ0) is 11.2. The van der Waals surface area contributed by atoms with Crippen LogP contribution in [0.25, 0.3) is 0 Å².